The molecule has 50 heavy (non-hydrogen) atoms. The summed E-state index contributed by atoms with van der Waals surface area (Å²) in [4.78, 5) is 76.1. The molecule has 3 N–H and O–H groups in total. The van der Waals surface area contributed by atoms with E-state index in [1.54, 1.807) is 43.3 Å². The second-order valence-electron chi connectivity index (χ2n) is 10.8. The topological polar surface area (TPSA) is 228 Å². The smallest absolute Gasteiger partial charge is 0.452 e. The Bertz CT molecular complexity index is 1770. The predicted molar refractivity (Wildman–Crippen MR) is 175 cm³/mol. The average Bonchev–Trinajstić information content (AvgIpc) is 3.41. The van der Waals surface area contributed by atoms with E-state index in [0.717, 1.165) is 11.0 Å². The van der Waals surface area contributed by atoms with E-state index in [4.69, 9.17) is 18.7 Å². The molecule has 2 heterocycles. The number of hydrogen-bond donors (Lipinski definition) is 3. The zero-order valence-electron chi connectivity index (χ0n) is 27.1. The van der Waals surface area contributed by atoms with Crippen molar-refractivity contribution in [2.45, 2.75) is 64.1 Å². The molecule has 17 nitrogen and oxygen atoms in total. The maximum absolute atomic E-state index is 13.3. The standard InChI is InChI=1S/C31H37N3O14P2/c1-3-5-16-25(35)32-24-17-18-34(31(38)33-24)28-27(47-30(37)22-14-10-7-11-15-22)26(46-29(36)21-12-8-6-9-13-21)23(45-28)20-44-50(41,42)48-49(39,40)43-19-4-2/h6-15,17-18,23,26-28H,3-5,16,19-20H2,1-2H3,(H,39,40)(H,41,42)(H,32,33,35,38). The molecule has 1 aliphatic rings. The highest BCUT2D eigenvalue weighted by atomic mass is 31.3. The molecule has 0 bridgehead atoms. The summed E-state index contributed by atoms with van der Waals surface area (Å²) < 4.78 is 57.2. The van der Waals surface area contributed by atoms with Crippen molar-refractivity contribution < 1.29 is 60.9 Å². The van der Waals surface area contributed by atoms with Gasteiger partial charge in [0.05, 0.1) is 24.3 Å². The van der Waals surface area contributed by atoms with Crippen LogP contribution in [0.2, 0.25) is 0 Å². The van der Waals surface area contributed by atoms with Crippen LogP contribution in [0.5, 0.6) is 0 Å². The molecule has 0 saturated carbocycles. The van der Waals surface area contributed by atoms with E-state index in [9.17, 15) is 38.1 Å². The highest BCUT2D eigenvalue weighted by Crippen LogP contribution is 2.60. The molecule has 1 aromatic heterocycles. The summed E-state index contributed by atoms with van der Waals surface area (Å²) in [6.45, 7) is 2.32. The largest absolute Gasteiger partial charge is 0.481 e. The van der Waals surface area contributed by atoms with Gasteiger partial charge in [0, 0.05) is 12.6 Å². The Morgan fingerprint density at radius 3 is 2.00 bits per heavy atom. The van der Waals surface area contributed by atoms with Crippen molar-refractivity contribution in [2.24, 2.45) is 0 Å². The third kappa shape index (κ3) is 11.0. The van der Waals surface area contributed by atoms with Gasteiger partial charge in [-0.25, -0.2) is 23.5 Å². The Hall–Kier alpha value is -4.05. The van der Waals surface area contributed by atoms with E-state index in [0.29, 0.717) is 12.8 Å². The molecule has 270 valence electrons. The first-order valence-electron chi connectivity index (χ1n) is 15.5. The molecule has 6 atom stereocenters. The van der Waals surface area contributed by atoms with Crippen LogP contribution in [-0.2, 0) is 41.5 Å². The highest BCUT2D eigenvalue weighted by molar-refractivity contribution is 7.61. The molecule has 1 amide bonds. The highest BCUT2D eigenvalue weighted by Gasteiger charge is 2.52. The van der Waals surface area contributed by atoms with Crippen LogP contribution in [-0.4, -0.2) is 68.7 Å². The second-order valence-corrected chi connectivity index (χ2v) is 13.9. The Labute approximate surface area is 286 Å². The fraction of sp³-hybridized carbons (Fsp3) is 0.387. The van der Waals surface area contributed by atoms with Crippen molar-refractivity contribution >= 4 is 39.3 Å². The van der Waals surface area contributed by atoms with Crippen molar-refractivity contribution in [3.63, 3.8) is 0 Å². The van der Waals surface area contributed by atoms with Crippen LogP contribution in [0.1, 0.15) is 66.5 Å². The number of amides is 1. The molecule has 2 aromatic carbocycles. The molecule has 1 saturated heterocycles. The molecule has 0 spiro atoms. The van der Waals surface area contributed by atoms with Crippen LogP contribution in [0, 0.1) is 0 Å². The Morgan fingerprint density at radius 2 is 1.44 bits per heavy atom. The lowest BCUT2D eigenvalue weighted by atomic mass is 10.1. The molecular formula is C31H37N3O14P2. The summed E-state index contributed by atoms with van der Waals surface area (Å²) in [6.07, 6.45) is -3.27. The lowest BCUT2D eigenvalue weighted by molar-refractivity contribution is -0.116. The lowest BCUT2D eigenvalue weighted by Gasteiger charge is -2.25. The molecule has 4 rings (SSSR count). The van der Waals surface area contributed by atoms with Crippen LogP contribution in [0.15, 0.2) is 77.7 Å². The third-order valence-corrected chi connectivity index (χ3v) is 9.62. The van der Waals surface area contributed by atoms with Gasteiger partial charge in [-0.1, -0.05) is 56.7 Å². The molecule has 19 heteroatoms. The van der Waals surface area contributed by atoms with Gasteiger partial charge in [0.2, 0.25) is 5.91 Å². The van der Waals surface area contributed by atoms with E-state index in [1.165, 1.54) is 36.5 Å². The number of carbonyl (C=O) groups is 3. The summed E-state index contributed by atoms with van der Waals surface area (Å²) in [5, 5.41) is 2.53. The maximum atomic E-state index is 13.3. The van der Waals surface area contributed by atoms with Crippen molar-refractivity contribution in [3.05, 3.63) is 94.5 Å². The molecule has 0 aliphatic carbocycles. The number of carbonyl (C=O) groups excluding carboxylic acids is 3. The fourth-order valence-electron chi connectivity index (χ4n) is 4.64. The summed E-state index contributed by atoms with van der Waals surface area (Å²) in [7, 11) is -10.4. The number of esters is 2. The number of phosphoric acid groups is 2. The number of hydrogen-bond acceptors (Lipinski definition) is 13. The molecule has 0 radical (unpaired) electrons. The van der Waals surface area contributed by atoms with Gasteiger partial charge in [-0.15, -0.1) is 0 Å². The van der Waals surface area contributed by atoms with Crippen molar-refractivity contribution in [1.82, 2.24) is 9.55 Å². The molecule has 6 unspecified atom stereocenters. The number of nitrogens with one attached hydrogen (secondary N) is 1. The van der Waals surface area contributed by atoms with Gasteiger partial charge in [-0.2, -0.15) is 9.29 Å². The minimum absolute atomic E-state index is 0.0628. The number of benzene rings is 2. The van der Waals surface area contributed by atoms with E-state index < -0.39 is 64.4 Å². The third-order valence-electron chi connectivity index (χ3n) is 6.99. The van der Waals surface area contributed by atoms with Crippen LogP contribution < -0.4 is 11.0 Å². The van der Waals surface area contributed by atoms with Crippen molar-refractivity contribution in [1.29, 1.82) is 0 Å². The van der Waals surface area contributed by atoms with Gasteiger partial charge in [0.1, 0.15) is 11.9 Å². The summed E-state index contributed by atoms with van der Waals surface area (Å²) in [5.74, 6) is -2.25. The van der Waals surface area contributed by atoms with E-state index in [-0.39, 0.29) is 35.9 Å². The van der Waals surface area contributed by atoms with Gasteiger partial charge >= 0.3 is 33.3 Å². The minimum atomic E-state index is -5.34. The number of rotatable bonds is 17. The first-order valence-corrected chi connectivity index (χ1v) is 18.5. The van der Waals surface area contributed by atoms with Crippen LogP contribution in [0.3, 0.4) is 0 Å². The van der Waals surface area contributed by atoms with Gasteiger partial charge in [-0.05, 0) is 43.2 Å². The van der Waals surface area contributed by atoms with E-state index in [1.807, 2.05) is 6.92 Å². The quantitative estimate of drug-likeness (QED) is 0.129. The summed E-state index contributed by atoms with van der Waals surface area (Å²) in [5.41, 5.74) is -0.797. The summed E-state index contributed by atoms with van der Waals surface area (Å²) in [6, 6.07) is 16.7. The number of aromatic nitrogens is 2. The van der Waals surface area contributed by atoms with Gasteiger partial charge in [0.15, 0.2) is 18.4 Å². The number of anilines is 1. The monoisotopic (exact) mass is 737 g/mol. The maximum Gasteiger partial charge on any atom is 0.481 e. The minimum Gasteiger partial charge on any atom is -0.452 e. The van der Waals surface area contributed by atoms with Crippen molar-refractivity contribution in [3.8, 4) is 0 Å². The Morgan fingerprint density at radius 1 is 0.860 bits per heavy atom. The first-order chi connectivity index (χ1) is 23.8. The van der Waals surface area contributed by atoms with E-state index in [2.05, 4.69) is 19.1 Å². The zero-order valence-corrected chi connectivity index (χ0v) is 28.9. The van der Waals surface area contributed by atoms with E-state index >= 15 is 0 Å². The SMILES string of the molecule is CCCCC(=O)Nc1ccn(C2OC(COP(=O)(O)OP(=O)(O)OCCC)C(OC(=O)c3ccccc3)C2OC(=O)c2ccccc2)c(=O)n1. The number of ether oxygens (including phenoxy) is 3. The van der Waals surface area contributed by atoms with Gasteiger partial charge < -0.3 is 29.3 Å². The van der Waals surface area contributed by atoms with Crippen LogP contribution in [0.25, 0.3) is 0 Å². The number of unbranched alkanes of at least 4 members (excludes halogenated alkanes) is 1. The Balaban J connectivity index is 1.69. The zero-order chi connectivity index (χ0) is 36.3. The second kappa shape index (κ2) is 17.7. The molecular weight excluding hydrogens is 700 g/mol. The molecule has 1 aliphatic heterocycles. The number of phosphoric ester groups is 2. The van der Waals surface area contributed by atoms with Crippen molar-refractivity contribution in [2.75, 3.05) is 18.5 Å². The fourth-order valence-corrected chi connectivity index (χ4v) is 6.81. The first kappa shape index (κ1) is 38.7. The Kier molecular flexibility index (Phi) is 13.8. The van der Waals surface area contributed by atoms with Gasteiger partial charge in [-0.3, -0.25) is 18.4 Å². The predicted octanol–water partition coefficient (Wildman–Crippen LogP) is 4.38. The number of nitrogens with zero attached hydrogens (tertiary/aromatic N) is 2. The lowest BCUT2D eigenvalue weighted by Crippen LogP contribution is -2.42. The average molecular weight is 738 g/mol. The van der Waals surface area contributed by atoms with Gasteiger partial charge in [0.25, 0.3) is 0 Å². The van der Waals surface area contributed by atoms with Crippen LogP contribution in [0.4, 0.5) is 5.82 Å². The molecule has 3 aromatic rings. The normalized spacial score (nSPS) is 21.0. The summed E-state index contributed by atoms with van der Waals surface area (Å²) >= 11 is 0. The van der Waals surface area contributed by atoms with Crippen LogP contribution >= 0.6 is 15.6 Å². The molecule has 1 fully saturated rings.